The maximum atomic E-state index is 5.93. The van der Waals surface area contributed by atoms with Crippen LogP contribution in [0, 0.1) is 6.92 Å². The zero-order valence-corrected chi connectivity index (χ0v) is 14.7. The highest BCUT2D eigenvalue weighted by Gasteiger charge is 2.02. The molecule has 2 aromatic rings. The molecule has 6 heteroatoms. The second-order valence-electron chi connectivity index (χ2n) is 5.41. The van der Waals surface area contributed by atoms with Gasteiger partial charge < -0.3 is 21.1 Å². The predicted octanol–water partition coefficient (Wildman–Crippen LogP) is 3.19. The zero-order chi connectivity index (χ0) is 18.1. The number of nitrogens with zero attached hydrogens (tertiary/aromatic N) is 1. The van der Waals surface area contributed by atoms with Gasteiger partial charge in [-0.2, -0.15) is 5.10 Å². The number of nitrogens with one attached hydrogen (secondary N) is 3. The molecule has 132 valence electrons. The van der Waals surface area contributed by atoms with Crippen molar-refractivity contribution in [3.05, 3.63) is 72.1 Å². The molecule has 0 saturated heterocycles. The number of benzene rings is 2. The van der Waals surface area contributed by atoms with Crippen molar-refractivity contribution in [2.75, 3.05) is 24.0 Å². The van der Waals surface area contributed by atoms with Crippen LogP contribution >= 0.6 is 0 Å². The fourth-order valence-corrected chi connectivity index (χ4v) is 2.14. The standard InChI is InChI=1S/C19H25N5O/c1-4-25-13-21-24-19(20)16-9-11-17(12-10-16)22-15(3)23-18-8-6-5-7-14(18)2/h5-12,21-23H,3-4,13H2,1-2H3,(H2,20,24). The van der Waals surface area contributed by atoms with Crippen LogP contribution in [-0.4, -0.2) is 19.2 Å². The molecule has 0 bridgehead atoms. The lowest BCUT2D eigenvalue weighted by molar-refractivity contribution is 0.130. The first-order valence-electron chi connectivity index (χ1n) is 8.13. The Morgan fingerprint density at radius 1 is 1.12 bits per heavy atom. The van der Waals surface area contributed by atoms with Gasteiger partial charge in [0.05, 0.1) is 0 Å². The monoisotopic (exact) mass is 339 g/mol. The smallest absolute Gasteiger partial charge is 0.150 e. The average Bonchev–Trinajstić information content (AvgIpc) is 2.61. The normalized spacial score (nSPS) is 11.0. The molecule has 0 unspecified atom stereocenters. The van der Waals surface area contributed by atoms with E-state index in [1.807, 2.05) is 62.4 Å². The Morgan fingerprint density at radius 2 is 1.84 bits per heavy atom. The Kier molecular flexibility index (Phi) is 6.86. The van der Waals surface area contributed by atoms with Crippen LogP contribution in [0.5, 0.6) is 0 Å². The van der Waals surface area contributed by atoms with E-state index in [9.17, 15) is 0 Å². The molecular formula is C19H25N5O. The highest BCUT2D eigenvalue weighted by atomic mass is 16.5. The number of aryl methyl sites for hydroxylation is 1. The van der Waals surface area contributed by atoms with E-state index in [1.165, 1.54) is 0 Å². The number of para-hydroxylation sites is 1. The SMILES string of the molecule is C=C(Nc1ccc(/C(N)=N/NCOCC)cc1)Nc1ccccc1C. The van der Waals surface area contributed by atoms with Crippen molar-refractivity contribution >= 4 is 17.2 Å². The highest BCUT2D eigenvalue weighted by Crippen LogP contribution is 2.17. The van der Waals surface area contributed by atoms with E-state index < -0.39 is 0 Å². The van der Waals surface area contributed by atoms with E-state index in [0.29, 0.717) is 25.0 Å². The summed E-state index contributed by atoms with van der Waals surface area (Å²) in [5, 5.41) is 10.5. The summed E-state index contributed by atoms with van der Waals surface area (Å²) in [4.78, 5) is 0. The number of rotatable bonds is 9. The first kappa shape index (κ1) is 18.4. The van der Waals surface area contributed by atoms with Gasteiger partial charge >= 0.3 is 0 Å². The molecule has 0 amide bonds. The molecule has 0 aromatic heterocycles. The summed E-state index contributed by atoms with van der Waals surface area (Å²) in [7, 11) is 0. The molecule has 0 radical (unpaired) electrons. The Hall–Kier alpha value is -2.99. The van der Waals surface area contributed by atoms with Crippen LogP contribution in [0.15, 0.2) is 66.0 Å². The van der Waals surface area contributed by atoms with Crippen molar-refractivity contribution in [2.45, 2.75) is 13.8 Å². The minimum absolute atomic E-state index is 0.335. The topological polar surface area (TPSA) is 83.7 Å². The van der Waals surface area contributed by atoms with Crippen LogP contribution in [0.2, 0.25) is 0 Å². The average molecular weight is 339 g/mol. The third-order valence-electron chi connectivity index (χ3n) is 3.48. The number of amidine groups is 1. The fraction of sp³-hybridized carbons (Fsp3) is 0.211. The van der Waals surface area contributed by atoms with Gasteiger partial charge in [-0.05, 0) is 49.7 Å². The van der Waals surface area contributed by atoms with Gasteiger partial charge in [-0.3, -0.25) is 5.43 Å². The van der Waals surface area contributed by atoms with Crippen molar-refractivity contribution < 1.29 is 4.74 Å². The minimum Gasteiger partial charge on any atom is -0.382 e. The predicted molar refractivity (Wildman–Crippen MR) is 104 cm³/mol. The van der Waals surface area contributed by atoms with Gasteiger partial charge in [0.25, 0.3) is 0 Å². The molecule has 0 aliphatic rings. The second-order valence-corrected chi connectivity index (χ2v) is 5.41. The molecule has 6 nitrogen and oxygen atoms in total. The lowest BCUT2D eigenvalue weighted by Gasteiger charge is -2.14. The maximum absolute atomic E-state index is 5.93. The minimum atomic E-state index is 0.335. The molecule has 0 heterocycles. The fourth-order valence-electron chi connectivity index (χ4n) is 2.14. The van der Waals surface area contributed by atoms with Crippen LogP contribution in [0.4, 0.5) is 11.4 Å². The van der Waals surface area contributed by atoms with Gasteiger partial charge in [-0.15, -0.1) is 0 Å². The van der Waals surface area contributed by atoms with Crippen LogP contribution in [-0.2, 0) is 4.74 Å². The van der Waals surface area contributed by atoms with Crippen LogP contribution in [0.1, 0.15) is 18.1 Å². The number of ether oxygens (including phenoxy) is 1. The summed E-state index contributed by atoms with van der Waals surface area (Å²) < 4.78 is 5.14. The second kappa shape index (κ2) is 9.34. The summed E-state index contributed by atoms with van der Waals surface area (Å²) in [6.07, 6.45) is 0. The van der Waals surface area contributed by atoms with Crippen molar-refractivity contribution in [2.24, 2.45) is 10.8 Å². The molecule has 2 rings (SSSR count). The number of anilines is 2. The van der Waals surface area contributed by atoms with E-state index in [2.05, 4.69) is 27.7 Å². The Morgan fingerprint density at radius 3 is 2.52 bits per heavy atom. The van der Waals surface area contributed by atoms with Crippen molar-refractivity contribution in [3.8, 4) is 0 Å². The van der Waals surface area contributed by atoms with Gasteiger partial charge in [-0.25, -0.2) is 0 Å². The van der Waals surface area contributed by atoms with E-state index in [4.69, 9.17) is 10.5 Å². The van der Waals surface area contributed by atoms with Crippen molar-refractivity contribution in [1.29, 1.82) is 0 Å². The Balaban J connectivity index is 1.91. The molecule has 0 spiro atoms. The Labute approximate surface area is 148 Å². The first-order chi connectivity index (χ1) is 12.1. The lowest BCUT2D eigenvalue weighted by Crippen LogP contribution is -2.20. The van der Waals surface area contributed by atoms with Crippen molar-refractivity contribution in [1.82, 2.24) is 5.43 Å². The van der Waals surface area contributed by atoms with E-state index in [1.54, 1.807) is 0 Å². The lowest BCUT2D eigenvalue weighted by atomic mass is 10.2. The molecule has 25 heavy (non-hydrogen) atoms. The van der Waals surface area contributed by atoms with E-state index in [-0.39, 0.29) is 0 Å². The van der Waals surface area contributed by atoms with Gasteiger partial charge in [0, 0.05) is 23.5 Å². The summed E-state index contributed by atoms with van der Waals surface area (Å²) in [6, 6.07) is 15.7. The van der Waals surface area contributed by atoms with Gasteiger partial charge in [0.15, 0.2) is 5.84 Å². The summed E-state index contributed by atoms with van der Waals surface area (Å²) >= 11 is 0. The van der Waals surface area contributed by atoms with Crippen LogP contribution in [0.3, 0.4) is 0 Å². The maximum Gasteiger partial charge on any atom is 0.150 e. The molecule has 0 aliphatic carbocycles. The molecule has 0 fully saturated rings. The molecule has 0 saturated carbocycles. The Bertz CT molecular complexity index is 725. The van der Waals surface area contributed by atoms with Crippen molar-refractivity contribution in [3.63, 3.8) is 0 Å². The van der Waals surface area contributed by atoms with E-state index >= 15 is 0 Å². The van der Waals surface area contributed by atoms with Crippen LogP contribution in [0.25, 0.3) is 0 Å². The first-order valence-corrected chi connectivity index (χ1v) is 8.13. The quantitative estimate of drug-likeness (QED) is 0.185. The zero-order valence-electron chi connectivity index (χ0n) is 14.7. The van der Waals surface area contributed by atoms with Gasteiger partial charge in [0.2, 0.25) is 0 Å². The molecular weight excluding hydrogens is 314 g/mol. The molecule has 0 aliphatic heterocycles. The van der Waals surface area contributed by atoms with E-state index in [0.717, 1.165) is 22.5 Å². The highest BCUT2D eigenvalue weighted by molar-refractivity contribution is 5.97. The number of hydrogen-bond acceptors (Lipinski definition) is 5. The summed E-state index contributed by atoms with van der Waals surface area (Å²) in [5.41, 5.74) is 12.6. The molecule has 0 atom stereocenters. The number of hydrazone groups is 1. The summed E-state index contributed by atoms with van der Waals surface area (Å²) in [5.74, 6) is 1.10. The van der Waals surface area contributed by atoms with Gasteiger partial charge in [-0.1, -0.05) is 24.8 Å². The number of nitrogens with two attached hydrogens (primary N) is 1. The third-order valence-corrected chi connectivity index (χ3v) is 3.48. The molecule has 5 N–H and O–H groups in total. The van der Waals surface area contributed by atoms with Crippen LogP contribution < -0.4 is 21.8 Å². The third kappa shape index (κ3) is 5.86. The number of hydrogen-bond donors (Lipinski definition) is 4. The molecule has 2 aromatic carbocycles. The summed E-state index contributed by atoms with van der Waals surface area (Å²) in [6.45, 7) is 8.94. The largest absolute Gasteiger partial charge is 0.382 e. The van der Waals surface area contributed by atoms with Gasteiger partial charge in [0.1, 0.15) is 12.6 Å².